The van der Waals surface area contributed by atoms with Gasteiger partial charge in [0, 0.05) is 31.7 Å². The van der Waals surface area contributed by atoms with E-state index in [-0.39, 0.29) is 23.9 Å². The van der Waals surface area contributed by atoms with Crippen LogP contribution in [0.5, 0.6) is 0 Å². The summed E-state index contributed by atoms with van der Waals surface area (Å²) in [5.41, 5.74) is 0.555. The Balaban J connectivity index is 1.49. The summed E-state index contributed by atoms with van der Waals surface area (Å²) in [6.07, 6.45) is -0.203. The molecule has 4 rings (SSSR count). The van der Waals surface area contributed by atoms with Crippen LogP contribution >= 0.6 is 0 Å². The van der Waals surface area contributed by atoms with Gasteiger partial charge in [0.25, 0.3) is 5.91 Å². The van der Waals surface area contributed by atoms with Crippen LogP contribution in [0.25, 0.3) is 0 Å². The molecule has 0 aromatic heterocycles. The third kappa shape index (κ3) is 5.45. The summed E-state index contributed by atoms with van der Waals surface area (Å²) in [4.78, 5) is 27.9. The molecular weight excluding hydrogens is 463 g/mol. The van der Waals surface area contributed by atoms with Gasteiger partial charge in [-0.25, -0.2) is 12.8 Å². The Morgan fingerprint density at radius 2 is 1.68 bits per heavy atom. The van der Waals surface area contributed by atoms with Crippen LogP contribution in [0.1, 0.15) is 24.5 Å². The van der Waals surface area contributed by atoms with E-state index >= 15 is 0 Å². The molecule has 0 unspecified atom stereocenters. The van der Waals surface area contributed by atoms with Gasteiger partial charge in [-0.1, -0.05) is 30.3 Å². The van der Waals surface area contributed by atoms with Crippen molar-refractivity contribution in [2.75, 3.05) is 39.4 Å². The number of halogens is 1. The molecule has 1 amide bonds. The number of benzene rings is 2. The largest absolute Gasteiger partial charge is 0.447 e. The molecule has 2 aliphatic heterocycles. The van der Waals surface area contributed by atoms with Crippen molar-refractivity contribution in [3.05, 3.63) is 66.0 Å². The first-order valence-electron chi connectivity index (χ1n) is 11.2. The number of piperidine rings is 1. The van der Waals surface area contributed by atoms with Crippen LogP contribution in [0.3, 0.4) is 0 Å². The fourth-order valence-electron chi connectivity index (χ4n) is 4.16. The molecular formula is C24H27FN2O6S. The average molecular weight is 491 g/mol. The number of nitrogens with zero attached hydrogens (tertiary/aromatic N) is 2. The molecule has 2 aliphatic rings. The van der Waals surface area contributed by atoms with E-state index in [1.165, 1.54) is 16.4 Å². The molecule has 0 bridgehead atoms. The van der Waals surface area contributed by atoms with Crippen molar-refractivity contribution in [2.24, 2.45) is 5.92 Å². The predicted molar refractivity (Wildman–Crippen MR) is 121 cm³/mol. The second-order valence-corrected chi connectivity index (χ2v) is 10.3. The molecule has 0 aliphatic carbocycles. The quantitative estimate of drug-likeness (QED) is 0.578. The highest BCUT2D eigenvalue weighted by Crippen LogP contribution is 2.28. The Morgan fingerprint density at radius 1 is 1.00 bits per heavy atom. The van der Waals surface area contributed by atoms with Gasteiger partial charge in [-0.05, 0) is 37.1 Å². The summed E-state index contributed by atoms with van der Waals surface area (Å²) in [5, 5.41) is 0. The second kappa shape index (κ2) is 10.6. The summed E-state index contributed by atoms with van der Waals surface area (Å²) in [6, 6.07) is 13.4. The zero-order chi connectivity index (χ0) is 24.1. The Bertz CT molecular complexity index is 1100. The van der Waals surface area contributed by atoms with Gasteiger partial charge in [0.1, 0.15) is 5.82 Å². The highest BCUT2D eigenvalue weighted by molar-refractivity contribution is 7.89. The normalized spacial score (nSPS) is 20.5. The third-order valence-electron chi connectivity index (χ3n) is 6.05. The minimum Gasteiger partial charge on any atom is -0.447 e. The van der Waals surface area contributed by atoms with Crippen molar-refractivity contribution in [3.63, 3.8) is 0 Å². The highest BCUT2D eigenvalue weighted by atomic mass is 32.2. The van der Waals surface area contributed by atoms with Gasteiger partial charge in [-0.15, -0.1) is 0 Å². The van der Waals surface area contributed by atoms with Crippen LogP contribution < -0.4 is 0 Å². The number of sulfonamides is 1. The van der Waals surface area contributed by atoms with Crippen LogP contribution in [-0.2, 0) is 29.1 Å². The number of carbonyl (C=O) groups is 2. The number of ether oxygens (including phenoxy) is 2. The van der Waals surface area contributed by atoms with Crippen molar-refractivity contribution in [1.82, 2.24) is 9.21 Å². The number of amides is 1. The molecule has 0 radical (unpaired) electrons. The van der Waals surface area contributed by atoms with Crippen LogP contribution in [0.15, 0.2) is 59.5 Å². The smallest absolute Gasteiger partial charge is 0.311 e. The molecule has 8 nitrogen and oxygen atoms in total. The van der Waals surface area contributed by atoms with Gasteiger partial charge in [-0.3, -0.25) is 9.59 Å². The first-order chi connectivity index (χ1) is 16.4. The summed E-state index contributed by atoms with van der Waals surface area (Å²) in [5.74, 6) is -2.19. The summed E-state index contributed by atoms with van der Waals surface area (Å²) < 4.78 is 51.5. The number of rotatable bonds is 6. The molecule has 2 atom stereocenters. The molecule has 0 saturated carbocycles. The molecule has 10 heteroatoms. The van der Waals surface area contributed by atoms with Gasteiger partial charge >= 0.3 is 5.97 Å². The number of morpholine rings is 1. The summed E-state index contributed by atoms with van der Waals surface area (Å²) in [7, 11) is -3.89. The maximum atomic E-state index is 13.2. The maximum Gasteiger partial charge on any atom is 0.311 e. The van der Waals surface area contributed by atoms with E-state index in [4.69, 9.17) is 9.47 Å². The van der Waals surface area contributed by atoms with Gasteiger partial charge in [0.2, 0.25) is 16.1 Å². The molecule has 2 fully saturated rings. The molecule has 34 heavy (non-hydrogen) atoms. The number of hydrogen-bond donors (Lipinski definition) is 0. The highest BCUT2D eigenvalue weighted by Gasteiger charge is 2.37. The first-order valence-corrected chi connectivity index (χ1v) is 12.7. The standard InChI is InChI=1S/C24H27FN2O6S/c25-20-8-10-21(11-9-20)34(30,31)27-12-4-7-19(17-27)24(29)33-22(18-5-2-1-3-6-18)23(28)26-13-15-32-16-14-26/h1-3,5-6,8-11,19,22H,4,7,12-17H2/t19-,22+/m1/s1. The van der Waals surface area contributed by atoms with Crippen molar-refractivity contribution >= 4 is 21.9 Å². The molecule has 2 saturated heterocycles. The SMILES string of the molecule is O=C(O[C@H](C(=O)N1CCOCC1)c1ccccc1)[C@@H]1CCCN(S(=O)(=O)c2ccc(F)cc2)C1. The maximum absolute atomic E-state index is 13.2. The van der Waals surface area contributed by atoms with E-state index in [2.05, 4.69) is 0 Å². The monoisotopic (exact) mass is 490 g/mol. The Hall–Kier alpha value is -2.82. The van der Waals surface area contributed by atoms with Crippen LogP contribution in [0.4, 0.5) is 4.39 Å². The van der Waals surface area contributed by atoms with Crippen LogP contribution in [0.2, 0.25) is 0 Å². The fraction of sp³-hybridized carbons (Fsp3) is 0.417. The van der Waals surface area contributed by atoms with E-state index in [1.807, 2.05) is 0 Å². The minimum absolute atomic E-state index is 0.0347. The fourth-order valence-corrected chi connectivity index (χ4v) is 5.68. The van der Waals surface area contributed by atoms with E-state index in [1.54, 1.807) is 35.2 Å². The number of esters is 1. The molecule has 2 aromatic rings. The van der Waals surface area contributed by atoms with Gasteiger partial charge in [-0.2, -0.15) is 4.31 Å². The molecule has 2 aromatic carbocycles. The van der Waals surface area contributed by atoms with Crippen molar-refractivity contribution < 1.29 is 31.9 Å². The van der Waals surface area contributed by atoms with E-state index in [0.717, 1.165) is 12.1 Å². The van der Waals surface area contributed by atoms with Crippen molar-refractivity contribution in [3.8, 4) is 0 Å². The third-order valence-corrected chi connectivity index (χ3v) is 7.93. The van der Waals surface area contributed by atoms with Crippen molar-refractivity contribution in [2.45, 2.75) is 23.8 Å². The van der Waals surface area contributed by atoms with E-state index < -0.39 is 33.8 Å². The van der Waals surface area contributed by atoms with Crippen LogP contribution in [0, 0.1) is 11.7 Å². The topological polar surface area (TPSA) is 93.2 Å². The van der Waals surface area contributed by atoms with Gasteiger partial charge in [0.15, 0.2) is 0 Å². The zero-order valence-electron chi connectivity index (χ0n) is 18.6. The Morgan fingerprint density at radius 3 is 2.35 bits per heavy atom. The molecule has 0 spiro atoms. The minimum atomic E-state index is -3.89. The number of carbonyl (C=O) groups excluding carboxylic acids is 2. The van der Waals surface area contributed by atoms with Crippen molar-refractivity contribution in [1.29, 1.82) is 0 Å². The summed E-state index contributed by atoms with van der Waals surface area (Å²) >= 11 is 0. The summed E-state index contributed by atoms with van der Waals surface area (Å²) in [6.45, 7) is 1.84. The zero-order valence-corrected chi connectivity index (χ0v) is 19.5. The lowest BCUT2D eigenvalue weighted by molar-refractivity contribution is -0.166. The molecule has 0 N–H and O–H groups in total. The second-order valence-electron chi connectivity index (χ2n) is 8.32. The number of hydrogen-bond acceptors (Lipinski definition) is 6. The Labute approximate surface area is 198 Å². The molecule has 2 heterocycles. The first kappa shape index (κ1) is 24.3. The van der Waals surface area contributed by atoms with Crippen LogP contribution in [-0.4, -0.2) is 68.9 Å². The molecule has 182 valence electrons. The van der Waals surface area contributed by atoms with Gasteiger partial charge in [0.05, 0.1) is 24.0 Å². The predicted octanol–water partition coefficient (Wildman–Crippen LogP) is 2.37. The van der Waals surface area contributed by atoms with Gasteiger partial charge < -0.3 is 14.4 Å². The average Bonchev–Trinajstić information content (AvgIpc) is 2.88. The lowest BCUT2D eigenvalue weighted by Gasteiger charge is -2.33. The van der Waals surface area contributed by atoms with E-state index in [9.17, 15) is 22.4 Å². The van der Waals surface area contributed by atoms with E-state index in [0.29, 0.717) is 44.7 Å². The lowest BCUT2D eigenvalue weighted by Crippen LogP contribution is -2.46. The lowest BCUT2D eigenvalue weighted by atomic mass is 9.99. The Kier molecular flexibility index (Phi) is 7.60.